The van der Waals surface area contributed by atoms with Crippen LogP contribution in [0.2, 0.25) is 0 Å². The Morgan fingerprint density at radius 2 is 1.76 bits per heavy atom. The molecule has 0 saturated heterocycles. The van der Waals surface area contributed by atoms with Gasteiger partial charge in [-0.3, -0.25) is 14.3 Å². The van der Waals surface area contributed by atoms with Crippen LogP contribution in [0.1, 0.15) is 49.5 Å². The average molecular weight is 466 g/mol. The summed E-state index contributed by atoms with van der Waals surface area (Å²) in [6.07, 6.45) is 10.4. The molecular formula is C23H21F3N8. The molecule has 0 radical (unpaired) electrons. The van der Waals surface area contributed by atoms with E-state index in [4.69, 9.17) is 0 Å². The number of nitrogens with zero attached hydrogens (tertiary/aromatic N) is 8. The second-order valence-electron chi connectivity index (χ2n) is 8.67. The molecule has 11 heteroatoms. The minimum atomic E-state index is -4.53. The summed E-state index contributed by atoms with van der Waals surface area (Å²) in [4.78, 5) is 8.71. The minimum absolute atomic E-state index is 0.200. The van der Waals surface area contributed by atoms with Crippen molar-refractivity contribution in [1.82, 2.24) is 39.1 Å². The molecule has 0 spiro atoms. The molecule has 0 unspecified atom stereocenters. The van der Waals surface area contributed by atoms with Gasteiger partial charge in [0.15, 0.2) is 11.3 Å². The standard InChI is InChI=1S/C23H21F3N8/c24-23(25,26)21-6-7-22-28-11-18(34(22)31-21)14-33-20-8-15(9-27-19(20)12-30-33)16-10-29-32(13-16)17-4-2-1-3-5-17/h6-13,17H,1-5,14H2. The first-order chi connectivity index (χ1) is 16.5. The molecule has 6 rings (SSSR count). The maximum absolute atomic E-state index is 13.1. The van der Waals surface area contributed by atoms with Crippen LogP contribution in [0.15, 0.2) is 49.2 Å². The van der Waals surface area contributed by atoms with Crippen molar-refractivity contribution in [3.63, 3.8) is 0 Å². The van der Waals surface area contributed by atoms with E-state index < -0.39 is 11.9 Å². The Hall–Kier alpha value is -3.76. The van der Waals surface area contributed by atoms with Gasteiger partial charge in [-0.1, -0.05) is 19.3 Å². The van der Waals surface area contributed by atoms with Crippen LogP contribution in [0.3, 0.4) is 0 Å². The molecule has 1 aliphatic rings. The van der Waals surface area contributed by atoms with Gasteiger partial charge in [-0.25, -0.2) is 9.50 Å². The molecule has 5 aromatic heterocycles. The monoisotopic (exact) mass is 466 g/mol. The van der Waals surface area contributed by atoms with Gasteiger partial charge in [-0.2, -0.15) is 28.5 Å². The maximum atomic E-state index is 13.1. The smallest absolute Gasteiger partial charge is 0.269 e. The number of imidazole rings is 1. The molecule has 0 N–H and O–H groups in total. The lowest BCUT2D eigenvalue weighted by molar-refractivity contribution is -0.141. The second-order valence-corrected chi connectivity index (χ2v) is 8.67. The Labute approximate surface area is 192 Å². The van der Waals surface area contributed by atoms with E-state index in [0.717, 1.165) is 35.6 Å². The highest BCUT2D eigenvalue weighted by Gasteiger charge is 2.33. The number of rotatable bonds is 4. The molecular weight excluding hydrogens is 445 g/mol. The number of hydrogen-bond acceptors (Lipinski definition) is 5. The first-order valence-electron chi connectivity index (χ1n) is 11.2. The van der Waals surface area contributed by atoms with Gasteiger partial charge < -0.3 is 0 Å². The topological polar surface area (TPSA) is 78.7 Å². The van der Waals surface area contributed by atoms with E-state index in [-0.39, 0.29) is 6.54 Å². The summed E-state index contributed by atoms with van der Waals surface area (Å²) in [5, 5.41) is 12.7. The van der Waals surface area contributed by atoms with Gasteiger partial charge in [0.1, 0.15) is 5.52 Å². The lowest BCUT2D eigenvalue weighted by Gasteiger charge is -2.21. The molecule has 1 fully saturated rings. The fourth-order valence-corrected chi connectivity index (χ4v) is 4.61. The van der Waals surface area contributed by atoms with E-state index in [0.29, 0.717) is 22.9 Å². The van der Waals surface area contributed by atoms with Gasteiger partial charge in [0.25, 0.3) is 0 Å². The molecule has 0 amide bonds. The zero-order valence-corrected chi connectivity index (χ0v) is 18.2. The summed E-state index contributed by atoms with van der Waals surface area (Å²) in [5.74, 6) is 0. The van der Waals surface area contributed by atoms with Crippen LogP contribution >= 0.6 is 0 Å². The zero-order valence-electron chi connectivity index (χ0n) is 18.2. The molecule has 0 aromatic carbocycles. The van der Waals surface area contributed by atoms with E-state index in [1.54, 1.807) is 17.1 Å². The van der Waals surface area contributed by atoms with Crippen molar-refractivity contribution in [2.24, 2.45) is 0 Å². The van der Waals surface area contributed by atoms with Crippen molar-refractivity contribution >= 4 is 16.7 Å². The summed E-state index contributed by atoms with van der Waals surface area (Å²) in [7, 11) is 0. The maximum Gasteiger partial charge on any atom is 0.435 e. The molecule has 5 heterocycles. The molecule has 1 saturated carbocycles. The van der Waals surface area contributed by atoms with E-state index in [1.165, 1.54) is 36.0 Å². The Morgan fingerprint density at radius 1 is 0.912 bits per heavy atom. The van der Waals surface area contributed by atoms with E-state index in [9.17, 15) is 13.2 Å². The SMILES string of the molecule is FC(F)(F)c1ccc2ncc(Cn3ncc4ncc(-c5cnn(C6CCCCC6)c5)cc43)n2n1. The van der Waals surface area contributed by atoms with E-state index in [2.05, 4.69) is 36.1 Å². The van der Waals surface area contributed by atoms with Crippen molar-refractivity contribution in [2.45, 2.75) is 50.9 Å². The van der Waals surface area contributed by atoms with Crippen molar-refractivity contribution in [3.05, 3.63) is 60.6 Å². The molecule has 0 bridgehead atoms. The third-order valence-corrected chi connectivity index (χ3v) is 6.41. The van der Waals surface area contributed by atoms with Gasteiger partial charge in [-0.05, 0) is 31.0 Å². The fraction of sp³-hybridized carbons (Fsp3) is 0.348. The molecule has 8 nitrogen and oxygen atoms in total. The van der Waals surface area contributed by atoms with Crippen molar-refractivity contribution in [1.29, 1.82) is 0 Å². The van der Waals surface area contributed by atoms with Crippen LogP contribution in [0, 0.1) is 0 Å². The largest absolute Gasteiger partial charge is 0.435 e. The van der Waals surface area contributed by atoms with Gasteiger partial charge in [0.05, 0.1) is 42.4 Å². The quantitative estimate of drug-likeness (QED) is 0.376. The molecule has 34 heavy (non-hydrogen) atoms. The lowest BCUT2D eigenvalue weighted by atomic mass is 9.96. The minimum Gasteiger partial charge on any atom is -0.269 e. The van der Waals surface area contributed by atoms with Gasteiger partial charge >= 0.3 is 6.18 Å². The van der Waals surface area contributed by atoms with Gasteiger partial charge in [0, 0.05) is 23.5 Å². The molecule has 1 aliphatic carbocycles. The van der Waals surface area contributed by atoms with E-state index in [1.807, 2.05) is 12.3 Å². The van der Waals surface area contributed by atoms with Gasteiger partial charge in [-0.15, -0.1) is 0 Å². The number of halogens is 3. The number of pyridine rings is 1. The van der Waals surface area contributed by atoms with Gasteiger partial charge in [0.2, 0.25) is 0 Å². The third-order valence-electron chi connectivity index (χ3n) is 6.41. The molecule has 174 valence electrons. The summed E-state index contributed by atoms with van der Waals surface area (Å²) >= 11 is 0. The van der Waals surface area contributed by atoms with Crippen LogP contribution < -0.4 is 0 Å². The van der Waals surface area contributed by atoms with Crippen LogP contribution in [-0.4, -0.2) is 39.1 Å². The zero-order chi connectivity index (χ0) is 23.3. The highest BCUT2D eigenvalue weighted by molar-refractivity contribution is 5.80. The number of hydrogen-bond donors (Lipinski definition) is 0. The van der Waals surface area contributed by atoms with Crippen molar-refractivity contribution in [2.75, 3.05) is 0 Å². The summed E-state index contributed by atoms with van der Waals surface area (Å²) < 4.78 is 44.4. The first kappa shape index (κ1) is 20.8. The Morgan fingerprint density at radius 3 is 2.59 bits per heavy atom. The summed E-state index contributed by atoms with van der Waals surface area (Å²) in [5.41, 5.74) is 3.20. The van der Waals surface area contributed by atoms with Crippen LogP contribution in [-0.2, 0) is 12.7 Å². The fourth-order valence-electron chi connectivity index (χ4n) is 4.61. The predicted octanol–water partition coefficient (Wildman–Crippen LogP) is 4.91. The van der Waals surface area contributed by atoms with Crippen LogP contribution in [0.5, 0.6) is 0 Å². The number of alkyl halides is 3. The summed E-state index contributed by atoms with van der Waals surface area (Å²) in [6, 6.07) is 4.66. The molecule has 0 aliphatic heterocycles. The molecule has 5 aromatic rings. The predicted molar refractivity (Wildman–Crippen MR) is 118 cm³/mol. The lowest BCUT2D eigenvalue weighted by Crippen LogP contribution is -2.13. The second kappa shape index (κ2) is 7.93. The van der Waals surface area contributed by atoms with E-state index >= 15 is 0 Å². The van der Waals surface area contributed by atoms with Crippen molar-refractivity contribution in [3.8, 4) is 11.1 Å². The van der Waals surface area contributed by atoms with Crippen molar-refractivity contribution < 1.29 is 13.2 Å². The average Bonchev–Trinajstić information content (AvgIpc) is 3.58. The van der Waals surface area contributed by atoms with Crippen LogP contribution in [0.25, 0.3) is 27.8 Å². The third kappa shape index (κ3) is 3.70. The van der Waals surface area contributed by atoms with Crippen LogP contribution in [0.4, 0.5) is 13.2 Å². The summed E-state index contributed by atoms with van der Waals surface area (Å²) in [6.45, 7) is 0.200. The Balaban J connectivity index is 1.33. The molecule has 0 atom stereocenters. The number of aromatic nitrogens is 8. The number of fused-ring (bicyclic) bond motifs is 2. The highest BCUT2D eigenvalue weighted by Crippen LogP contribution is 2.30. The normalized spacial score (nSPS) is 15.5. The Bertz CT molecular complexity index is 1470. The first-order valence-corrected chi connectivity index (χ1v) is 11.2. The Kier molecular flexibility index (Phi) is 4.85. The highest BCUT2D eigenvalue weighted by atomic mass is 19.4.